The molecule has 2 rings (SSSR count). The Kier molecular flexibility index (Phi) is 3.80. The minimum atomic E-state index is 0.665. The van der Waals surface area contributed by atoms with Gasteiger partial charge in [0.25, 0.3) is 0 Å². The van der Waals surface area contributed by atoms with E-state index in [9.17, 15) is 0 Å². The van der Waals surface area contributed by atoms with E-state index in [1.807, 2.05) is 12.3 Å². The first-order valence-corrected chi connectivity index (χ1v) is 6.53. The number of anilines is 2. The monoisotopic (exact) mass is 252 g/mol. The van der Waals surface area contributed by atoms with Gasteiger partial charge in [0.2, 0.25) is 0 Å². The smallest absolute Gasteiger partial charge is 0.187 e. The molecular weight excluding hydrogens is 240 g/mol. The second kappa shape index (κ2) is 5.32. The summed E-state index contributed by atoms with van der Waals surface area (Å²) in [4.78, 5) is 4.35. The maximum atomic E-state index is 5.68. The van der Waals surface area contributed by atoms with E-state index in [0.717, 1.165) is 22.9 Å². The molecule has 0 radical (unpaired) electrons. The summed E-state index contributed by atoms with van der Waals surface area (Å²) in [5.74, 6) is 0.665. The summed E-state index contributed by atoms with van der Waals surface area (Å²) in [6, 6.07) is 8.29. The fraction of sp³-hybridized carbons (Fsp3) is 0.250. The number of hydrogen-bond donors (Lipinski definition) is 1. The largest absolute Gasteiger partial charge is 0.332 e. The summed E-state index contributed by atoms with van der Waals surface area (Å²) in [5.41, 5.74) is 3.37. The summed E-state index contributed by atoms with van der Waals surface area (Å²) in [7, 11) is 0. The maximum Gasteiger partial charge on any atom is 0.187 e. The van der Waals surface area contributed by atoms with E-state index in [4.69, 9.17) is 11.6 Å². The van der Waals surface area contributed by atoms with E-state index < -0.39 is 0 Å². The van der Waals surface area contributed by atoms with Gasteiger partial charge in [0.15, 0.2) is 5.13 Å². The molecule has 1 heterocycles. The molecule has 4 heteroatoms. The highest BCUT2D eigenvalue weighted by Crippen LogP contribution is 2.20. The van der Waals surface area contributed by atoms with Gasteiger partial charge in [-0.3, -0.25) is 0 Å². The summed E-state index contributed by atoms with van der Waals surface area (Å²) >= 11 is 7.30. The van der Waals surface area contributed by atoms with Crippen LogP contribution in [-0.4, -0.2) is 10.9 Å². The molecule has 0 aliphatic heterocycles. The van der Waals surface area contributed by atoms with Crippen LogP contribution in [0.2, 0.25) is 0 Å². The van der Waals surface area contributed by atoms with Crippen LogP contribution in [0.15, 0.2) is 29.6 Å². The average molecular weight is 253 g/mol. The fourth-order valence-electron chi connectivity index (χ4n) is 1.40. The zero-order chi connectivity index (χ0) is 11.4. The number of thiazole rings is 1. The topological polar surface area (TPSA) is 24.9 Å². The van der Waals surface area contributed by atoms with Crippen molar-refractivity contribution in [1.29, 1.82) is 0 Å². The van der Waals surface area contributed by atoms with E-state index >= 15 is 0 Å². The number of nitrogens with zero attached hydrogens (tertiary/aromatic N) is 1. The van der Waals surface area contributed by atoms with Gasteiger partial charge in [0.05, 0.1) is 5.69 Å². The third kappa shape index (κ3) is 2.97. The zero-order valence-electron chi connectivity index (χ0n) is 9.03. The predicted octanol–water partition coefficient (Wildman–Crippen LogP) is 3.98. The average Bonchev–Trinajstić information content (AvgIpc) is 2.67. The molecule has 1 aromatic heterocycles. The number of aromatic nitrogens is 1. The Morgan fingerprint density at radius 1 is 1.31 bits per heavy atom. The Bertz CT molecular complexity index is 450. The van der Waals surface area contributed by atoms with E-state index in [0.29, 0.717) is 5.88 Å². The SMILES string of the molecule is Cc1csc(Nc2ccc(CCCl)cc2)n1. The van der Waals surface area contributed by atoms with Crippen molar-refractivity contribution in [2.75, 3.05) is 11.2 Å². The molecular formula is C12H13ClN2S. The van der Waals surface area contributed by atoms with Gasteiger partial charge in [-0.1, -0.05) is 12.1 Å². The third-order valence-corrected chi connectivity index (χ3v) is 3.27. The number of hydrogen-bond acceptors (Lipinski definition) is 3. The van der Waals surface area contributed by atoms with Gasteiger partial charge in [-0.15, -0.1) is 22.9 Å². The van der Waals surface area contributed by atoms with Gasteiger partial charge >= 0.3 is 0 Å². The lowest BCUT2D eigenvalue weighted by atomic mass is 10.1. The van der Waals surface area contributed by atoms with Crippen molar-refractivity contribution in [3.05, 3.63) is 40.9 Å². The quantitative estimate of drug-likeness (QED) is 0.833. The predicted molar refractivity (Wildman–Crippen MR) is 71.0 cm³/mol. The van der Waals surface area contributed by atoms with Crippen LogP contribution in [0.25, 0.3) is 0 Å². The van der Waals surface area contributed by atoms with Crippen molar-refractivity contribution in [1.82, 2.24) is 4.98 Å². The first kappa shape index (κ1) is 11.4. The second-order valence-corrected chi connectivity index (χ2v) is 4.79. The zero-order valence-corrected chi connectivity index (χ0v) is 10.6. The molecule has 0 fully saturated rings. The molecule has 84 valence electrons. The van der Waals surface area contributed by atoms with Crippen molar-refractivity contribution < 1.29 is 0 Å². The summed E-state index contributed by atoms with van der Waals surface area (Å²) in [6.07, 6.45) is 0.915. The third-order valence-electron chi connectivity index (χ3n) is 2.21. The molecule has 0 aliphatic rings. The first-order chi connectivity index (χ1) is 7.78. The lowest BCUT2D eigenvalue weighted by molar-refractivity contribution is 1.15. The lowest BCUT2D eigenvalue weighted by Gasteiger charge is -2.03. The van der Waals surface area contributed by atoms with Gasteiger partial charge in [-0.25, -0.2) is 4.98 Å². The van der Waals surface area contributed by atoms with E-state index in [1.54, 1.807) is 11.3 Å². The van der Waals surface area contributed by atoms with Crippen molar-refractivity contribution in [2.45, 2.75) is 13.3 Å². The summed E-state index contributed by atoms with van der Waals surface area (Å²) in [5, 5.41) is 6.23. The molecule has 0 bridgehead atoms. The Morgan fingerprint density at radius 2 is 2.06 bits per heavy atom. The van der Waals surface area contributed by atoms with E-state index in [1.165, 1.54) is 5.56 Å². The number of halogens is 1. The molecule has 0 spiro atoms. The van der Waals surface area contributed by atoms with Gasteiger partial charge in [-0.2, -0.15) is 0 Å². The van der Waals surface area contributed by atoms with Crippen LogP contribution in [0.3, 0.4) is 0 Å². The van der Waals surface area contributed by atoms with Gasteiger partial charge in [-0.05, 0) is 31.0 Å². The molecule has 2 aromatic rings. The standard InChI is InChI=1S/C12H13ClN2S/c1-9-8-16-12(14-9)15-11-4-2-10(3-5-11)6-7-13/h2-5,8H,6-7H2,1H3,(H,14,15). The number of aryl methyl sites for hydroxylation is 2. The number of benzene rings is 1. The van der Waals surface area contributed by atoms with Crippen LogP contribution >= 0.6 is 22.9 Å². The highest BCUT2D eigenvalue weighted by Gasteiger charge is 1.99. The fourth-order valence-corrected chi connectivity index (χ4v) is 2.33. The lowest BCUT2D eigenvalue weighted by Crippen LogP contribution is -1.91. The number of alkyl halides is 1. The van der Waals surface area contributed by atoms with E-state index in [2.05, 4.69) is 34.6 Å². The highest BCUT2D eigenvalue weighted by molar-refractivity contribution is 7.13. The minimum absolute atomic E-state index is 0.665. The van der Waals surface area contributed by atoms with Crippen LogP contribution in [0.5, 0.6) is 0 Å². The van der Waals surface area contributed by atoms with Gasteiger partial charge < -0.3 is 5.32 Å². The van der Waals surface area contributed by atoms with Crippen LogP contribution in [0.4, 0.5) is 10.8 Å². The molecule has 0 aliphatic carbocycles. The molecule has 16 heavy (non-hydrogen) atoms. The first-order valence-electron chi connectivity index (χ1n) is 5.12. The molecule has 0 amide bonds. The van der Waals surface area contributed by atoms with Crippen molar-refractivity contribution in [3.8, 4) is 0 Å². The van der Waals surface area contributed by atoms with Crippen LogP contribution < -0.4 is 5.32 Å². The molecule has 0 unspecified atom stereocenters. The van der Waals surface area contributed by atoms with Crippen LogP contribution in [0.1, 0.15) is 11.3 Å². The molecule has 0 atom stereocenters. The summed E-state index contributed by atoms with van der Waals surface area (Å²) in [6.45, 7) is 1.99. The van der Waals surface area contributed by atoms with Crippen LogP contribution in [-0.2, 0) is 6.42 Å². The van der Waals surface area contributed by atoms with Crippen molar-refractivity contribution in [2.24, 2.45) is 0 Å². The number of nitrogens with one attached hydrogen (secondary N) is 1. The van der Waals surface area contributed by atoms with Crippen LogP contribution in [0, 0.1) is 6.92 Å². The molecule has 1 N–H and O–H groups in total. The highest BCUT2D eigenvalue weighted by atomic mass is 35.5. The molecule has 0 saturated carbocycles. The normalized spacial score (nSPS) is 10.4. The Balaban J connectivity index is 2.05. The maximum absolute atomic E-state index is 5.68. The minimum Gasteiger partial charge on any atom is -0.332 e. The molecule has 0 saturated heterocycles. The van der Waals surface area contributed by atoms with E-state index in [-0.39, 0.29) is 0 Å². The second-order valence-electron chi connectivity index (χ2n) is 3.55. The van der Waals surface area contributed by atoms with Gasteiger partial charge in [0, 0.05) is 16.9 Å². The summed E-state index contributed by atoms with van der Waals surface area (Å²) < 4.78 is 0. The Morgan fingerprint density at radius 3 is 2.62 bits per heavy atom. The molecule has 1 aromatic carbocycles. The van der Waals surface area contributed by atoms with Gasteiger partial charge in [0.1, 0.15) is 0 Å². The van der Waals surface area contributed by atoms with Crippen molar-refractivity contribution >= 4 is 33.8 Å². The Labute approximate surface area is 104 Å². The molecule has 2 nitrogen and oxygen atoms in total. The Hall–Kier alpha value is -1.06. The van der Waals surface area contributed by atoms with Crippen molar-refractivity contribution in [3.63, 3.8) is 0 Å². The number of rotatable bonds is 4.